The molecule has 0 spiro atoms. The molecule has 0 aromatic heterocycles. The Morgan fingerprint density at radius 3 is 2.47 bits per heavy atom. The smallest absolute Gasteiger partial charge is 0.0107 e. The van der Waals surface area contributed by atoms with Crippen LogP contribution in [0.4, 0.5) is 0 Å². The van der Waals surface area contributed by atoms with Crippen LogP contribution in [-0.4, -0.2) is 38.1 Å². The lowest BCUT2D eigenvalue weighted by Crippen LogP contribution is -2.32. The topological polar surface area (TPSA) is 15.3 Å². The van der Waals surface area contributed by atoms with Crippen molar-refractivity contribution < 1.29 is 0 Å². The summed E-state index contributed by atoms with van der Waals surface area (Å²) < 4.78 is 0. The number of hydrogen-bond acceptors (Lipinski definition) is 2. The number of nitrogens with zero attached hydrogens (tertiary/aromatic N) is 1. The van der Waals surface area contributed by atoms with Crippen LogP contribution < -0.4 is 5.32 Å². The molecule has 0 amide bonds. The van der Waals surface area contributed by atoms with Gasteiger partial charge in [0, 0.05) is 19.6 Å². The molecule has 1 aromatic rings. The lowest BCUT2D eigenvalue weighted by Gasteiger charge is -2.19. The molecule has 0 aliphatic heterocycles. The number of likely N-dealkylation sites (N-methyl/N-ethyl adjacent to an activating group) is 2. The summed E-state index contributed by atoms with van der Waals surface area (Å²) in [6.45, 7) is 6.72. The zero-order chi connectivity index (χ0) is 10.9. The van der Waals surface area contributed by atoms with Gasteiger partial charge in [0.15, 0.2) is 0 Å². The summed E-state index contributed by atoms with van der Waals surface area (Å²) >= 11 is 0. The van der Waals surface area contributed by atoms with Gasteiger partial charge < -0.3 is 10.2 Å². The quantitative estimate of drug-likeness (QED) is 0.731. The molecular formula is C13H22N2. The second-order valence-corrected chi connectivity index (χ2v) is 3.77. The maximum atomic E-state index is 3.19. The highest BCUT2D eigenvalue weighted by molar-refractivity contribution is 5.14. The molecule has 0 radical (unpaired) electrons. The van der Waals surface area contributed by atoms with Crippen LogP contribution >= 0.6 is 0 Å². The van der Waals surface area contributed by atoms with E-state index < -0.39 is 0 Å². The Bertz CT molecular complexity index is 246. The van der Waals surface area contributed by atoms with Gasteiger partial charge in [-0.05, 0) is 25.6 Å². The summed E-state index contributed by atoms with van der Waals surface area (Å²) in [5, 5.41) is 3.19. The van der Waals surface area contributed by atoms with Gasteiger partial charge in [-0.15, -0.1) is 0 Å². The summed E-state index contributed by atoms with van der Waals surface area (Å²) in [7, 11) is 2.00. The molecule has 0 atom stereocenters. The lowest BCUT2D eigenvalue weighted by atomic mass is 10.1. The average molecular weight is 206 g/mol. The molecule has 84 valence electrons. The Kier molecular flexibility index (Phi) is 6.05. The molecule has 15 heavy (non-hydrogen) atoms. The molecular weight excluding hydrogens is 184 g/mol. The summed E-state index contributed by atoms with van der Waals surface area (Å²) in [4.78, 5) is 2.48. The van der Waals surface area contributed by atoms with E-state index >= 15 is 0 Å². The first-order valence-corrected chi connectivity index (χ1v) is 5.77. The maximum Gasteiger partial charge on any atom is 0.0107 e. The summed E-state index contributed by atoms with van der Waals surface area (Å²) in [6.07, 6.45) is 1.15. The number of rotatable bonds is 7. The van der Waals surface area contributed by atoms with Crippen molar-refractivity contribution in [3.8, 4) is 0 Å². The van der Waals surface area contributed by atoms with E-state index in [2.05, 4.69) is 47.5 Å². The summed E-state index contributed by atoms with van der Waals surface area (Å²) in [5.74, 6) is 0. The standard InChI is InChI=1S/C13H22N2/c1-3-15(12-10-14-2)11-9-13-7-5-4-6-8-13/h4-8,14H,3,9-12H2,1-2H3. The maximum absolute atomic E-state index is 3.19. The van der Waals surface area contributed by atoms with Crippen molar-refractivity contribution in [2.75, 3.05) is 33.2 Å². The summed E-state index contributed by atoms with van der Waals surface area (Å²) in [6, 6.07) is 10.7. The Hall–Kier alpha value is -0.860. The van der Waals surface area contributed by atoms with Crippen molar-refractivity contribution in [3.05, 3.63) is 35.9 Å². The van der Waals surface area contributed by atoms with Crippen LogP contribution in [-0.2, 0) is 6.42 Å². The van der Waals surface area contributed by atoms with E-state index in [4.69, 9.17) is 0 Å². The minimum absolute atomic E-state index is 1.07. The third-order valence-electron chi connectivity index (χ3n) is 2.68. The van der Waals surface area contributed by atoms with E-state index in [0.717, 1.165) is 32.6 Å². The largest absolute Gasteiger partial charge is 0.318 e. The van der Waals surface area contributed by atoms with Gasteiger partial charge in [-0.25, -0.2) is 0 Å². The van der Waals surface area contributed by atoms with Crippen molar-refractivity contribution in [2.24, 2.45) is 0 Å². The fourth-order valence-electron chi connectivity index (χ4n) is 1.63. The highest BCUT2D eigenvalue weighted by atomic mass is 15.1. The van der Waals surface area contributed by atoms with Crippen LogP contribution in [0.15, 0.2) is 30.3 Å². The molecule has 0 saturated carbocycles. The minimum atomic E-state index is 1.07. The zero-order valence-electron chi connectivity index (χ0n) is 9.87. The van der Waals surface area contributed by atoms with Crippen LogP contribution in [0, 0.1) is 0 Å². The average Bonchev–Trinajstić information content (AvgIpc) is 2.31. The third-order valence-corrected chi connectivity index (χ3v) is 2.68. The molecule has 0 heterocycles. The van der Waals surface area contributed by atoms with Crippen LogP contribution in [0.1, 0.15) is 12.5 Å². The Balaban J connectivity index is 2.28. The number of nitrogens with one attached hydrogen (secondary N) is 1. The predicted molar refractivity (Wildman–Crippen MR) is 66.2 cm³/mol. The van der Waals surface area contributed by atoms with Gasteiger partial charge in [0.1, 0.15) is 0 Å². The molecule has 0 bridgehead atoms. The fourth-order valence-corrected chi connectivity index (χ4v) is 1.63. The van der Waals surface area contributed by atoms with Crippen LogP contribution in [0.3, 0.4) is 0 Å². The van der Waals surface area contributed by atoms with E-state index in [9.17, 15) is 0 Å². The molecule has 1 rings (SSSR count). The van der Waals surface area contributed by atoms with Crippen molar-refractivity contribution in [1.82, 2.24) is 10.2 Å². The van der Waals surface area contributed by atoms with E-state index in [1.807, 2.05) is 7.05 Å². The first-order chi connectivity index (χ1) is 7.36. The minimum Gasteiger partial charge on any atom is -0.318 e. The van der Waals surface area contributed by atoms with E-state index in [1.165, 1.54) is 5.56 Å². The molecule has 0 fully saturated rings. The van der Waals surface area contributed by atoms with Crippen molar-refractivity contribution in [2.45, 2.75) is 13.3 Å². The second-order valence-electron chi connectivity index (χ2n) is 3.77. The van der Waals surface area contributed by atoms with E-state index in [-0.39, 0.29) is 0 Å². The first kappa shape index (κ1) is 12.2. The van der Waals surface area contributed by atoms with Gasteiger partial charge in [-0.1, -0.05) is 37.3 Å². The molecule has 2 nitrogen and oxygen atoms in total. The van der Waals surface area contributed by atoms with Crippen LogP contribution in [0.2, 0.25) is 0 Å². The van der Waals surface area contributed by atoms with Crippen molar-refractivity contribution in [3.63, 3.8) is 0 Å². The molecule has 1 N–H and O–H groups in total. The van der Waals surface area contributed by atoms with Gasteiger partial charge in [0.2, 0.25) is 0 Å². The fraction of sp³-hybridized carbons (Fsp3) is 0.538. The van der Waals surface area contributed by atoms with E-state index in [0.29, 0.717) is 0 Å². The van der Waals surface area contributed by atoms with Crippen LogP contribution in [0.25, 0.3) is 0 Å². The molecule has 0 saturated heterocycles. The molecule has 0 aliphatic rings. The Labute approximate surface area is 93.3 Å². The highest BCUT2D eigenvalue weighted by Crippen LogP contribution is 2.00. The van der Waals surface area contributed by atoms with Gasteiger partial charge in [0.25, 0.3) is 0 Å². The third kappa shape index (κ3) is 4.96. The molecule has 0 aliphatic carbocycles. The summed E-state index contributed by atoms with van der Waals surface area (Å²) in [5.41, 5.74) is 1.43. The molecule has 1 aromatic carbocycles. The van der Waals surface area contributed by atoms with Crippen molar-refractivity contribution in [1.29, 1.82) is 0 Å². The monoisotopic (exact) mass is 206 g/mol. The highest BCUT2D eigenvalue weighted by Gasteiger charge is 2.01. The van der Waals surface area contributed by atoms with Gasteiger partial charge in [-0.2, -0.15) is 0 Å². The first-order valence-electron chi connectivity index (χ1n) is 5.77. The normalized spacial score (nSPS) is 10.9. The number of hydrogen-bond donors (Lipinski definition) is 1. The Morgan fingerprint density at radius 2 is 1.87 bits per heavy atom. The zero-order valence-corrected chi connectivity index (χ0v) is 9.87. The number of benzene rings is 1. The van der Waals surface area contributed by atoms with Gasteiger partial charge in [0.05, 0.1) is 0 Å². The van der Waals surface area contributed by atoms with Crippen LogP contribution in [0.5, 0.6) is 0 Å². The lowest BCUT2D eigenvalue weighted by molar-refractivity contribution is 0.293. The Morgan fingerprint density at radius 1 is 1.13 bits per heavy atom. The van der Waals surface area contributed by atoms with Crippen molar-refractivity contribution >= 4 is 0 Å². The predicted octanol–water partition coefficient (Wildman–Crippen LogP) is 1.77. The van der Waals surface area contributed by atoms with Gasteiger partial charge >= 0.3 is 0 Å². The van der Waals surface area contributed by atoms with Gasteiger partial charge in [-0.3, -0.25) is 0 Å². The SMILES string of the molecule is CCN(CCNC)CCc1ccccc1. The van der Waals surface area contributed by atoms with E-state index in [1.54, 1.807) is 0 Å². The second kappa shape index (κ2) is 7.43. The molecule has 2 heteroatoms. The molecule has 0 unspecified atom stereocenters.